The Hall–Kier alpha value is -2.94. The molecule has 0 aliphatic heterocycles. The zero-order valence-corrected chi connectivity index (χ0v) is 11.2. The van der Waals surface area contributed by atoms with Crippen molar-refractivity contribution in [3.8, 4) is 17.4 Å². The van der Waals surface area contributed by atoms with Crippen molar-refractivity contribution >= 4 is 21.7 Å². The number of hydrogen-bond acceptors (Lipinski definition) is 1. The van der Waals surface area contributed by atoms with Gasteiger partial charge in [0.2, 0.25) is 5.75 Å². The van der Waals surface area contributed by atoms with Gasteiger partial charge in [0.15, 0.2) is 0 Å². The highest BCUT2D eigenvalue weighted by Crippen LogP contribution is 2.40. The van der Waals surface area contributed by atoms with Crippen LogP contribution in [0.5, 0.6) is 17.4 Å². The molecule has 0 spiro atoms. The first-order valence-electron chi connectivity index (χ1n) is 6.76. The first kappa shape index (κ1) is 11.9. The van der Waals surface area contributed by atoms with E-state index in [4.69, 9.17) is 4.74 Å². The molecular formula is C18H12NO2. The van der Waals surface area contributed by atoms with E-state index in [2.05, 4.69) is 4.98 Å². The molecule has 0 saturated heterocycles. The number of benzene rings is 3. The number of hydrogen-bond donors (Lipinski definition) is 1. The SMILES string of the molecule is [O]c1[nH]c2ccccc2c1Oc1cccc2ccccc12. The summed E-state index contributed by atoms with van der Waals surface area (Å²) in [5.74, 6) is 0.834. The summed E-state index contributed by atoms with van der Waals surface area (Å²) in [6.45, 7) is 0. The standard InChI is InChI=1S/C18H12NO2/c20-18-17(14-9-3-4-10-15(14)19-18)21-16-11-5-7-12-6-1-2-8-13(12)16/h1-11,19H. The zero-order valence-electron chi connectivity index (χ0n) is 11.2. The van der Waals surface area contributed by atoms with Crippen LogP contribution in [0.25, 0.3) is 21.7 Å². The third-order valence-corrected chi connectivity index (χ3v) is 3.59. The van der Waals surface area contributed by atoms with Gasteiger partial charge in [-0.2, -0.15) is 0 Å². The number of ether oxygens (including phenoxy) is 1. The quantitative estimate of drug-likeness (QED) is 0.532. The van der Waals surface area contributed by atoms with Crippen LogP contribution in [0.3, 0.4) is 0 Å². The molecule has 0 atom stereocenters. The minimum absolute atomic E-state index is 0.205. The van der Waals surface area contributed by atoms with Crippen molar-refractivity contribution in [3.05, 3.63) is 66.7 Å². The first-order chi connectivity index (χ1) is 10.3. The number of para-hydroxylation sites is 1. The van der Waals surface area contributed by atoms with Gasteiger partial charge in [-0.3, -0.25) is 5.11 Å². The van der Waals surface area contributed by atoms with Crippen LogP contribution in [0, 0.1) is 0 Å². The molecular weight excluding hydrogens is 262 g/mol. The topological polar surface area (TPSA) is 44.9 Å². The van der Waals surface area contributed by atoms with Gasteiger partial charge in [-0.05, 0) is 23.6 Å². The summed E-state index contributed by atoms with van der Waals surface area (Å²) in [6.07, 6.45) is 0. The van der Waals surface area contributed by atoms with E-state index in [0.717, 1.165) is 21.7 Å². The third-order valence-electron chi connectivity index (χ3n) is 3.59. The summed E-state index contributed by atoms with van der Waals surface area (Å²) in [6, 6.07) is 21.3. The van der Waals surface area contributed by atoms with Crippen molar-refractivity contribution < 1.29 is 9.84 Å². The third kappa shape index (κ3) is 1.91. The fraction of sp³-hybridized carbons (Fsp3) is 0. The van der Waals surface area contributed by atoms with E-state index in [9.17, 15) is 5.11 Å². The molecule has 1 aromatic heterocycles. The highest BCUT2D eigenvalue weighted by atomic mass is 16.5. The normalized spacial score (nSPS) is 11.0. The molecule has 101 valence electrons. The molecule has 21 heavy (non-hydrogen) atoms. The van der Waals surface area contributed by atoms with Gasteiger partial charge in [0, 0.05) is 10.8 Å². The molecule has 3 aromatic carbocycles. The molecule has 0 saturated carbocycles. The Morgan fingerprint density at radius 3 is 2.38 bits per heavy atom. The average molecular weight is 274 g/mol. The number of rotatable bonds is 2. The van der Waals surface area contributed by atoms with Gasteiger partial charge in [0.1, 0.15) is 5.75 Å². The average Bonchev–Trinajstić information content (AvgIpc) is 2.84. The lowest BCUT2D eigenvalue weighted by atomic mass is 10.1. The summed E-state index contributed by atoms with van der Waals surface area (Å²) in [5, 5.41) is 15.0. The van der Waals surface area contributed by atoms with Crippen LogP contribution < -0.4 is 4.74 Å². The van der Waals surface area contributed by atoms with Crippen LogP contribution in [0.2, 0.25) is 0 Å². The molecule has 1 heterocycles. The van der Waals surface area contributed by atoms with Crippen LogP contribution in [0.1, 0.15) is 0 Å². The Kier molecular flexibility index (Phi) is 2.57. The molecule has 1 N–H and O–H groups in total. The van der Waals surface area contributed by atoms with Gasteiger partial charge in [0.05, 0.1) is 5.52 Å². The second-order valence-corrected chi connectivity index (χ2v) is 4.91. The molecule has 0 bridgehead atoms. The minimum Gasteiger partial charge on any atom is -0.450 e. The monoisotopic (exact) mass is 274 g/mol. The van der Waals surface area contributed by atoms with E-state index in [1.165, 1.54) is 0 Å². The first-order valence-corrected chi connectivity index (χ1v) is 6.76. The fourth-order valence-corrected chi connectivity index (χ4v) is 2.59. The van der Waals surface area contributed by atoms with Crippen molar-refractivity contribution in [1.29, 1.82) is 0 Å². The maximum atomic E-state index is 12.1. The van der Waals surface area contributed by atoms with Gasteiger partial charge in [-0.25, -0.2) is 0 Å². The van der Waals surface area contributed by atoms with Crippen molar-refractivity contribution in [3.63, 3.8) is 0 Å². The molecule has 3 heteroatoms. The number of H-pyrrole nitrogens is 1. The predicted octanol–water partition coefficient (Wildman–Crippen LogP) is 5.26. The Labute approximate surface area is 121 Å². The summed E-state index contributed by atoms with van der Waals surface area (Å²) >= 11 is 0. The molecule has 0 aliphatic rings. The van der Waals surface area contributed by atoms with Crippen LogP contribution in [0.15, 0.2) is 66.7 Å². The van der Waals surface area contributed by atoms with Gasteiger partial charge < -0.3 is 9.72 Å². The molecule has 3 nitrogen and oxygen atoms in total. The lowest BCUT2D eigenvalue weighted by molar-refractivity contribution is 0.319. The highest BCUT2D eigenvalue weighted by Gasteiger charge is 2.15. The summed E-state index contributed by atoms with van der Waals surface area (Å²) in [7, 11) is 0. The van der Waals surface area contributed by atoms with Crippen LogP contribution in [-0.2, 0) is 5.11 Å². The van der Waals surface area contributed by atoms with Crippen LogP contribution >= 0.6 is 0 Å². The van der Waals surface area contributed by atoms with Crippen LogP contribution in [-0.4, -0.2) is 4.98 Å². The number of fused-ring (bicyclic) bond motifs is 2. The van der Waals surface area contributed by atoms with Gasteiger partial charge in [-0.15, -0.1) is 0 Å². The van der Waals surface area contributed by atoms with E-state index in [1.807, 2.05) is 66.7 Å². The lowest BCUT2D eigenvalue weighted by Crippen LogP contribution is -1.85. The largest absolute Gasteiger partial charge is 0.450 e. The fourth-order valence-electron chi connectivity index (χ4n) is 2.59. The number of aromatic nitrogens is 1. The van der Waals surface area contributed by atoms with E-state index in [-0.39, 0.29) is 5.88 Å². The Morgan fingerprint density at radius 2 is 1.48 bits per heavy atom. The number of nitrogens with one attached hydrogen (secondary N) is 1. The molecule has 4 aromatic rings. The Morgan fingerprint density at radius 1 is 0.762 bits per heavy atom. The van der Waals surface area contributed by atoms with Crippen molar-refractivity contribution in [2.75, 3.05) is 0 Å². The van der Waals surface area contributed by atoms with Crippen molar-refractivity contribution in [2.45, 2.75) is 0 Å². The maximum absolute atomic E-state index is 12.1. The molecule has 0 aliphatic carbocycles. The molecule has 1 radical (unpaired) electrons. The van der Waals surface area contributed by atoms with Crippen molar-refractivity contribution in [2.24, 2.45) is 0 Å². The van der Waals surface area contributed by atoms with Gasteiger partial charge >= 0.3 is 0 Å². The summed E-state index contributed by atoms with van der Waals surface area (Å²) in [5.41, 5.74) is 0.790. The second kappa shape index (κ2) is 4.56. The summed E-state index contributed by atoms with van der Waals surface area (Å²) in [4.78, 5) is 2.81. The summed E-state index contributed by atoms with van der Waals surface area (Å²) < 4.78 is 5.93. The lowest BCUT2D eigenvalue weighted by Gasteiger charge is -2.07. The Balaban J connectivity index is 1.89. The molecule has 4 rings (SSSR count). The van der Waals surface area contributed by atoms with E-state index in [1.54, 1.807) is 0 Å². The van der Waals surface area contributed by atoms with E-state index in [0.29, 0.717) is 11.5 Å². The molecule has 0 fully saturated rings. The second-order valence-electron chi connectivity index (χ2n) is 4.91. The van der Waals surface area contributed by atoms with Crippen molar-refractivity contribution in [1.82, 2.24) is 4.98 Å². The maximum Gasteiger partial charge on any atom is 0.292 e. The zero-order chi connectivity index (χ0) is 14.2. The predicted molar refractivity (Wildman–Crippen MR) is 82.5 cm³/mol. The highest BCUT2D eigenvalue weighted by molar-refractivity contribution is 5.92. The molecule has 0 unspecified atom stereocenters. The van der Waals surface area contributed by atoms with Gasteiger partial charge in [0.25, 0.3) is 5.88 Å². The number of aromatic amines is 1. The Bertz CT molecular complexity index is 935. The van der Waals surface area contributed by atoms with E-state index >= 15 is 0 Å². The van der Waals surface area contributed by atoms with Gasteiger partial charge in [-0.1, -0.05) is 48.5 Å². The van der Waals surface area contributed by atoms with Crippen LogP contribution in [0.4, 0.5) is 0 Å². The molecule has 0 amide bonds. The minimum atomic E-state index is -0.205. The smallest absolute Gasteiger partial charge is 0.292 e. The van der Waals surface area contributed by atoms with E-state index < -0.39 is 0 Å².